The van der Waals surface area contributed by atoms with Gasteiger partial charge in [0.15, 0.2) is 0 Å². The van der Waals surface area contributed by atoms with Gasteiger partial charge in [0, 0.05) is 13.6 Å². The zero-order valence-electron chi connectivity index (χ0n) is 12.5. The lowest BCUT2D eigenvalue weighted by molar-refractivity contribution is -0.144. The summed E-state index contributed by atoms with van der Waals surface area (Å²) in [7, 11) is -0.842. The predicted molar refractivity (Wildman–Crippen MR) is 76.9 cm³/mol. The van der Waals surface area contributed by atoms with Gasteiger partial charge in [0.05, 0.1) is 17.9 Å². The number of carbonyl (C=O) groups excluding carboxylic acids is 1. The standard InChI is InChI=1S/C14H21NO4S/c1-10-6-11(2)8-13(7-10)20(17,18)15(4)9-12(3)14(16)19-5/h6-8,12H,9H2,1-5H3. The molecule has 1 unspecified atom stereocenters. The molecular formula is C14H21NO4S. The van der Waals surface area contributed by atoms with Crippen LogP contribution in [0.2, 0.25) is 0 Å². The molecule has 0 aromatic heterocycles. The second-order valence-electron chi connectivity index (χ2n) is 5.03. The molecule has 0 aliphatic rings. The zero-order valence-corrected chi connectivity index (χ0v) is 13.3. The van der Waals surface area contributed by atoms with Crippen LogP contribution in [0.3, 0.4) is 0 Å². The number of aryl methyl sites for hydroxylation is 2. The van der Waals surface area contributed by atoms with Crippen LogP contribution in [-0.4, -0.2) is 39.4 Å². The normalized spacial score (nSPS) is 13.3. The van der Waals surface area contributed by atoms with Crippen molar-refractivity contribution < 1.29 is 17.9 Å². The summed E-state index contributed by atoms with van der Waals surface area (Å²) in [5.41, 5.74) is 1.77. The van der Waals surface area contributed by atoms with E-state index in [1.165, 1.54) is 18.5 Å². The smallest absolute Gasteiger partial charge is 0.309 e. The molecule has 0 fully saturated rings. The molecule has 0 saturated carbocycles. The summed E-state index contributed by atoms with van der Waals surface area (Å²) in [5.74, 6) is -0.932. The molecule has 0 saturated heterocycles. The third-order valence-corrected chi connectivity index (χ3v) is 4.84. The van der Waals surface area contributed by atoms with Crippen LogP contribution >= 0.6 is 0 Å². The van der Waals surface area contributed by atoms with E-state index in [0.29, 0.717) is 0 Å². The molecule has 20 heavy (non-hydrogen) atoms. The van der Waals surface area contributed by atoms with E-state index in [-0.39, 0.29) is 11.4 Å². The van der Waals surface area contributed by atoms with Gasteiger partial charge in [-0.15, -0.1) is 0 Å². The van der Waals surface area contributed by atoms with Crippen LogP contribution in [0.1, 0.15) is 18.1 Å². The van der Waals surface area contributed by atoms with Gasteiger partial charge in [0.25, 0.3) is 0 Å². The van der Waals surface area contributed by atoms with Crippen molar-refractivity contribution in [1.82, 2.24) is 4.31 Å². The van der Waals surface area contributed by atoms with E-state index in [9.17, 15) is 13.2 Å². The minimum Gasteiger partial charge on any atom is -0.469 e. The third kappa shape index (κ3) is 3.80. The minimum atomic E-state index is -3.60. The Hall–Kier alpha value is -1.40. The van der Waals surface area contributed by atoms with Crippen molar-refractivity contribution in [3.63, 3.8) is 0 Å². The second-order valence-corrected chi connectivity index (χ2v) is 7.08. The molecular weight excluding hydrogens is 278 g/mol. The molecule has 112 valence electrons. The van der Waals surface area contributed by atoms with Gasteiger partial charge in [0.1, 0.15) is 0 Å². The van der Waals surface area contributed by atoms with E-state index < -0.39 is 21.9 Å². The Bertz CT molecular complexity index is 575. The number of hydrogen-bond acceptors (Lipinski definition) is 4. The fourth-order valence-electron chi connectivity index (χ4n) is 2.02. The quantitative estimate of drug-likeness (QED) is 0.777. The van der Waals surface area contributed by atoms with Crippen molar-refractivity contribution in [2.75, 3.05) is 20.7 Å². The number of hydrogen-bond donors (Lipinski definition) is 0. The SMILES string of the molecule is COC(=O)C(C)CN(C)S(=O)(=O)c1cc(C)cc(C)c1. The van der Waals surface area contributed by atoms with Crippen molar-refractivity contribution >= 4 is 16.0 Å². The molecule has 6 heteroatoms. The summed E-state index contributed by atoms with van der Waals surface area (Å²) in [6, 6.07) is 5.17. The van der Waals surface area contributed by atoms with E-state index in [1.54, 1.807) is 19.1 Å². The van der Waals surface area contributed by atoms with E-state index in [1.807, 2.05) is 19.9 Å². The third-order valence-electron chi connectivity index (χ3n) is 3.04. The van der Waals surface area contributed by atoms with Crippen LogP contribution in [0.15, 0.2) is 23.1 Å². The fraction of sp³-hybridized carbons (Fsp3) is 0.500. The number of carbonyl (C=O) groups is 1. The maximum Gasteiger partial charge on any atom is 0.309 e. The molecule has 1 atom stereocenters. The molecule has 0 radical (unpaired) electrons. The van der Waals surface area contributed by atoms with Gasteiger partial charge >= 0.3 is 5.97 Å². The highest BCUT2D eigenvalue weighted by atomic mass is 32.2. The highest BCUT2D eigenvalue weighted by Gasteiger charge is 2.25. The van der Waals surface area contributed by atoms with Gasteiger partial charge < -0.3 is 4.74 Å². The Labute approximate surface area is 120 Å². The molecule has 0 aliphatic carbocycles. The van der Waals surface area contributed by atoms with Crippen LogP contribution in [0.5, 0.6) is 0 Å². The molecule has 0 aliphatic heterocycles. The van der Waals surface area contributed by atoms with Crippen molar-refractivity contribution in [3.8, 4) is 0 Å². The van der Waals surface area contributed by atoms with E-state index >= 15 is 0 Å². The highest BCUT2D eigenvalue weighted by Crippen LogP contribution is 2.19. The van der Waals surface area contributed by atoms with Crippen LogP contribution in [0.25, 0.3) is 0 Å². The topological polar surface area (TPSA) is 63.7 Å². The second kappa shape index (κ2) is 6.37. The Kier molecular flexibility index (Phi) is 5.30. The molecule has 1 rings (SSSR count). The molecule has 0 heterocycles. The lowest BCUT2D eigenvalue weighted by Crippen LogP contribution is -2.34. The number of esters is 1. The minimum absolute atomic E-state index is 0.0853. The maximum absolute atomic E-state index is 12.5. The van der Waals surface area contributed by atoms with E-state index in [0.717, 1.165) is 11.1 Å². The average Bonchev–Trinajstić information content (AvgIpc) is 2.36. The molecule has 0 N–H and O–H groups in total. The first-order chi connectivity index (χ1) is 9.18. The van der Waals surface area contributed by atoms with Gasteiger partial charge in [0.2, 0.25) is 10.0 Å². The fourth-order valence-corrected chi connectivity index (χ4v) is 3.47. The first-order valence-electron chi connectivity index (χ1n) is 6.31. The van der Waals surface area contributed by atoms with Crippen molar-refractivity contribution in [1.29, 1.82) is 0 Å². The monoisotopic (exact) mass is 299 g/mol. The Morgan fingerprint density at radius 3 is 2.20 bits per heavy atom. The van der Waals surface area contributed by atoms with Crippen molar-refractivity contribution in [2.45, 2.75) is 25.7 Å². The number of rotatable bonds is 5. The number of sulfonamides is 1. The van der Waals surface area contributed by atoms with Gasteiger partial charge in [-0.1, -0.05) is 13.0 Å². The van der Waals surface area contributed by atoms with Crippen molar-refractivity contribution in [2.24, 2.45) is 5.92 Å². The van der Waals surface area contributed by atoms with Crippen LogP contribution in [0.4, 0.5) is 0 Å². The number of nitrogens with zero attached hydrogens (tertiary/aromatic N) is 1. The summed E-state index contributed by atoms with van der Waals surface area (Å²) >= 11 is 0. The molecule has 0 bridgehead atoms. The summed E-state index contributed by atoms with van der Waals surface area (Å²) in [6.07, 6.45) is 0. The van der Waals surface area contributed by atoms with Gasteiger partial charge in [-0.3, -0.25) is 4.79 Å². The number of ether oxygens (including phenoxy) is 1. The molecule has 1 aromatic rings. The van der Waals surface area contributed by atoms with Crippen LogP contribution in [0, 0.1) is 19.8 Å². The van der Waals surface area contributed by atoms with Gasteiger partial charge in [-0.25, -0.2) is 12.7 Å². The summed E-state index contributed by atoms with van der Waals surface area (Å²) in [6.45, 7) is 5.42. The summed E-state index contributed by atoms with van der Waals surface area (Å²) in [4.78, 5) is 11.6. The van der Waals surface area contributed by atoms with Crippen LogP contribution < -0.4 is 0 Å². The summed E-state index contributed by atoms with van der Waals surface area (Å²) < 4.78 is 30.7. The van der Waals surface area contributed by atoms with Crippen LogP contribution in [-0.2, 0) is 19.6 Å². The largest absolute Gasteiger partial charge is 0.469 e. The van der Waals surface area contributed by atoms with E-state index in [2.05, 4.69) is 4.74 Å². The highest BCUT2D eigenvalue weighted by molar-refractivity contribution is 7.89. The molecule has 5 nitrogen and oxygen atoms in total. The Morgan fingerprint density at radius 2 is 1.75 bits per heavy atom. The zero-order chi connectivity index (χ0) is 15.5. The Balaban J connectivity index is 3.01. The molecule has 0 spiro atoms. The molecule has 1 aromatic carbocycles. The first-order valence-corrected chi connectivity index (χ1v) is 7.75. The lowest BCUT2D eigenvalue weighted by atomic mass is 10.2. The van der Waals surface area contributed by atoms with Gasteiger partial charge in [-0.05, 0) is 37.1 Å². The lowest BCUT2D eigenvalue weighted by Gasteiger charge is -2.20. The Morgan fingerprint density at radius 1 is 1.25 bits per heavy atom. The van der Waals surface area contributed by atoms with Crippen molar-refractivity contribution in [3.05, 3.63) is 29.3 Å². The molecule has 0 amide bonds. The predicted octanol–water partition coefficient (Wildman–Crippen LogP) is 1.73. The van der Waals surface area contributed by atoms with E-state index in [4.69, 9.17) is 0 Å². The summed E-state index contributed by atoms with van der Waals surface area (Å²) in [5, 5.41) is 0. The number of methoxy groups -OCH3 is 1. The maximum atomic E-state index is 12.5. The first kappa shape index (κ1) is 16.7. The average molecular weight is 299 g/mol. The van der Waals surface area contributed by atoms with Gasteiger partial charge in [-0.2, -0.15) is 0 Å². The number of benzene rings is 1.